The van der Waals surface area contributed by atoms with Crippen LogP contribution in [0.3, 0.4) is 0 Å². The van der Waals surface area contributed by atoms with E-state index in [1.807, 2.05) is 0 Å². The molecular formula is C15H31ClN2O. The van der Waals surface area contributed by atoms with Gasteiger partial charge in [-0.05, 0) is 46.1 Å². The lowest BCUT2D eigenvalue weighted by Gasteiger charge is -2.45. The first-order valence-corrected chi connectivity index (χ1v) is 7.65. The maximum Gasteiger partial charge on any atom is 0.117 e. The Labute approximate surface area is 124 Å². The molecule has 0 radical (unpaired) electrons. The predicted molar refractivity (Wildman–Crippen MR) is 82.9 cm³/mol. The molecule has 2 rings (SSSR count). The monoisotopic (exact) mass is 290 g/mol. The highest BCUT2D eigenvalue weighted by Gasteiger charge is 2.36. The first-order valence-electron chi connectivity index (χ1n) is 7.65. The average molecular weight is 291 g/mol. The summed E-state index contributed by atoms with van der Waals surface area (Å²) in [6.45, 7) is 12.4. The minimum absolute atomic E-state index is 0. The van der Waals surface area contributed by atoms with E-state index in [1.165, 1.54) is 25.8 Å². The molecule has 0 amide bonds. The molecule has 0 bridgehead atoms. The van der Waals surface area contributed by atoms with Crippen LogP contribution in [0.2, 0.25) is 0 Å². The van der Waals surface area contributed by atoms with Gasteiger partial charge in [0, 0.05) is 25.0 Å². The second-order valence-corrected chi connectivity index (χ2v) is 6.71. The van der Waals surface area contributed by atoms with Crippen molar-refractivity contribution in [2.75, 3.05) is 19.7 Å². The molecule has 1 N–H and O–H groups in total. The summed E-state index contributed by atoms with van der Waals surface area (Å²) in [5, 5.41) is 3.60. The van der Waals surface area contributed by atoms with Crippen LogP contribution in [-0.2, 0) is 4.74 Å². The van der Waals surface area contributed by atoms with Crippen molar-refractivity contribution in [2.45, 2.75) is 71.2 Å². The molecule has 0 aliphatic carbocycles. The van der Waals surface area contributed by atoms with E-state index in [0.29, 0.717) is 18.0 Å². The molecular weight excluding hydrogens is 260 g/mol. The molecule has 3 atom stereocenters. The van der Waals surface area contributed by atoms with Crippen molar-refractivity contribution in [1.82, 2.24) is 10.2 Å². The molecule has 0 aromatic carbocycles. The maximum absolute atomic E-state index is 6.07. The van der Waals surface area contributed by atoms with Gasteiger partial charge in [0.15, 0.2) is 0 Å². The summed E-state index contributed by atoms with van der Waals surface area (Å²) >= 11 is 0. The second kappa shape index (κ2) is 7.26. The van der Waals surface area contributed by atoms with Crippen LogP contribution < -0.4 is 5.32 Å². The lowest BCUT2D eigenvalue weighted by molar-refractivity contribution is -0.120. The maximum atomic E-state index is 6.07. The van der Waals surface area contributed by atoms with Crippen LogP contribution in [0, 0.1) is 5.92 Å². The molecule has 0 aromatic heterocycles. The predicted octanol–water partition coefficient (Wildman–Crippen LogP) is 3.03. The van der Waals surface area contributed by atoms with Crippen molar-refractivity contribution in [3.63, 3.8) is 0 Å². The van der Waals surface area contributed by atoms with Gasteiger partial charge in [-0.25, -0.2) is 0 Å². The van der Waals surface area contributed by atoms with E-state index >= 15 is 0 Å². The summed E-state index contributed by atoms with van der Waals surface area (Å²) in [7, 11) is 0. The molecule has 2 aliphatic rings. The van der Waals surface area contributed by atoms with Crippen molar-refractivity contribution < 1.29 is 4.74 Å². The topological polar surface area (TPSA) is 24.5 Å². The van der Waals surface area contributed by atoms with Gasteiger partial charge in [-0.3, -0.25) is 10.2 Å². The molecule has 0 saturated carbocycles. The van der Waals surface area contributed by atoms with Gasteiger partial charge in [-0.2, -0.15) is 0 Å². The number of nitrogens with zero attached hydrogens (tertiary/aromatic N) is 1. The van der Waals surface area contributed by atoms with Crippen LogP contribution in [0.25, 0.3) is 0 Å². The normalized spacial score (nSPS) is 37.1. The summed E-state index contributed by atoms with van der Waals surface area (Å²) in [6.07, 6.45) is 5.18. The Morgan fingerprint density at radius 2 is 2.11 bits per heavy atom. The van der Waals surface area contributed by atoms with Gasteiger partial charge in [0.05, 0.1) is 6.61 Å². The number of likely N-dealkylation sites (tertiary alicyclic amines) is 1. The van der Waals surface area contributed by atoms with Gasteiger partial charge in [-0.15, -0.1) is 12.4 Å². The Morgan fingerprint density at radius 1 is 1.37 bits per heavy atom. The van der Waals surface area contributed by atoms with Gasteiger partial charge in [0.1, 0.15) is 5.72 Å². The van der Waals surface area contributed by atoms with Crippen LogP contribution in [-0.4, -0.2) is 42.4 Å². The van der Waals surface area contributed by atoms with Crippen molar-refractivity contribution in [3.8, 4) is 0 Å². The van der Waals surface area contributed by atoms with E-state index in [9.17, 15) is 0 Å². The first-order chi connectivity index (χ1) is 8.50. The third-order valence-electron chi connectivity index (χ3n) is 4.47. The van der Waals surface area contributed by atoms with E-state index in [-0.39, 0.29) is 18.1 Å². The lowest BCUT2D eigenvalue weighted by atomic mass is 9.92. The molecule has 3 unspecified atom stereocenters. The lowest BCUT2D eigenvalue weighted by Crippen LogP contribution is -2.57. The van der Waals surface area contributed by atoms with Gasteiger partial charge >= 0.3 is 0 Å². The fraction of sp³-hybridized carbons (Fsp3) is 1.00. The van der Waals surface area contributed by atoms with Crippen molar-refractivity contribution in [3.05, 3.63) is 0 Å². The van der Waals surface area contributed by atoms with E-state index in [1.54, 1.807) is 0 Å². The molecule has 2 aliphatic heterocycles. The third kappa shape index (κ3) is 4.59. The molecule has 3 nitrogen and oxygen atoms in total. The number of hydrogen-bond donors (Lipinski definition) is 1. The Balaban J connectivity index is 0.00000180. The minimum atomic E-state index is -0.109. The zero-order valence-electron chi connectivity index (χ0n) is 12.9. The summed E-state index contributed by atoms with van der Waals surface area (Å²) in [6, 6.07) is 1.34. The number of piperidine rings is 1. The third-order valence-corrected chi connectivity index (χ3v) is 4.47. The Kier molecular flexibility index (Phi) is 6.58. The fourth-order valence-electron chi connectivity index (χ4n) is 3.33. The molecule has 0 spiro atoms. The summed E-state index contributed by atoms with van der Waals surface area (Å²) in [5.74, 6) is 0.644. The molecule has 2 fully saturated rings. The quantitative estimate of drug-likeness (QED) is 0.865. The average Bonchev–Trinajstić information content (AvgIpc) is 2.34. The summed E-state index contributed by atoms with van der Waals surface area (Å²) < 4.78 is 6.07. The zero-order chi connectivity index (χ0) is 13.2. The van der Waals surface area contributed by atoms with Gasteiger partial charge < -0.3 is 4.74 Å². The van der Waals surface area contributed by atoms with Gasteiger partial charge in [0.25, 0.3) is 0 Å². The highest BCUT2D eigenvalue weighted by atomic mass is 35.5. The van der Waals surface area contributed by atoms with E-state index < -0.39 is 0 Å². The first kappa shape index (κ1) is 17.2. The molecule has 19 heavy (non-hydrogen) atoms. The summed E-state index contributed by atoms with van der Waals surface area (Å²) in [4.78, 5) is 2.66. The highest BCUT2D eigenvalue weighted by molar-refractivity contribution is 5.85. The van der Waals surface area contributed by atoms with Crippen LogP contribution in [0.5, 0.6) is 0 Å². The highest BCUT2D eigenvalue weighted by Crippen LogP contribution is 2.28. The van der Waals surface area contributed by atoms with Crippen molar-refractivity contribution in [1.29, 1.82) is 0 Å². The Hall–Kier alpha value is 0.170. The molecule has 2 heterocycles. The standard InChI is InChI=1S/C15H30N2O.ClH/c1-12(2)17-8-6-5-7-14(17)9-15(4)16-10-13(3)11-18-15;/h12-14,16H,5-11H2,1-4H3;1H. The van der Waals surface area contributed by atoms with Crippen LogP contribution >= 0.6 is 12.4 Å². The van der Waals surface area contributed by atoms with Gasteiger partial charge in [-0.1, -0.05) is 13.3 Å². The fourth-order valence-corrected chi connectivity index (χ4v) is 3.33. The van der Waals surface area contributed by atoms with E-state index in [0.717, 1.165) is 19.6 Å². The van der Waals surface area contributed by atoms with Crippen LogP contribution in [0.4, 0.5) is 0 Å². The number of hydrogen-bond acceptors (Lipinski definition) is 3. The number of nitrogens with one attached hydrogen (secondary N) is 1. The molecule has 4 heteroatoms. The van der Waals surface area contributed by atoms with E-state index in [4.69, 9.17) is 4.74 Å². The molecule has 0 aromatic rings. The second-order valence-electron chi connectivity index (χ2n) is 6.71. The van der Waals surface area contributed by atoms with Crippen molar-refractivity contribution >= 4 is 12.4 Å². The number of halogens is 1. The number of rotatable bonds is 3. The smallest absolute Gasteiger partial charge is 0.117 e. The van der Waals surface area contributed by atoms with Crippen LogP contribution in [0.1, 0.15) is 53.4 Å². The SMILES string of the molecule is CC1CNC(C)(CC2CCCCN2C(C)C)OC1.Cl. The van der Waals surface area contributed by atoms with Crippen molar-refractivity contribution in [2.24, 2.45) is 5.92 Å². The zero-order valence-corrected chi connectivity index (χ0v) is 13.8. The Morgan fingerprint density at radius 3 is 2.68 bits per heavy atom. The molecule has 114 valence electrons. The van der Waals surface area contributed by atoms with E-state index in [2.05, 4.69) is 37.9 Å². The summed E-state index contributed by atoms with van der Waals surface area (Å²) in [5.41, 5.74) is -0.109. The number of ether oxygens (including phenoxy) is 1. The molecule has 2 saturated heterocycles. The minimum Gasteiger partial charge on any atom is -0.361 e. The largest absolute Gasteiger partial charge is 0.361 e. The van der Waals surface area contributed by atoms with Gasteiger partial charge in [0.2, 0.25) is 0 Å². The van der Waals surface area contributed by atoms with Crippen LogP contribution in [0.15, 0.2) is 0 Å². The Bertz CT molecular complexity index is 265.